The quantitative estimate of drug-likeness (QED) is 0.597. The first-order valence-corrected chi connectivity index (χ1v) is 7.13. The van der Waals surface area contributed by atoms with Gasteiger partial charge in [0.2, 0.25) is 5.82 Å². The van der Waals surface area contributed by atoms with Crippen LogP contribution in [0.5, 0.6) is 0 Å². The van der Waals surface area contributed by atoms with E-state index in [1.165, 1.54) is 0 Å². The van der Waals surface area contributed by atoms with Crippen LogP contribution < -0.4 is 0 Å². The monoisotopic (exact) mass is 340 g/mol. The van der Waals surface area contributed by atoms with E-state index in [-0.39, 0.29) is 0 Å². The van der Waals surface area contributed by atoms with E-state index in [9.17, 15) is 0 Å². The molecule has 0 atom stereocenters. The van der Waals surface area contributed by atoms with E-state index >= 15 is 0 Å². The van der Waals surface area contributed by atoms with Gasteiger partial charge in [-0.1, -0.05) is 30.3 Å². The number of hydrogen-bond donors (Lipinski definition) is 1. The Bertz CT molecular complexity index is 900. The van der Waals surface area contributed by atoms with Crippen LogP contribution in [0.4, 0.5) is 0 Å². The minimum Gasteiger partial charge on any atom is -0.449 e. The molecular weight excluding hydrogens is 332 g/mol. The predicted octanol–water partition coefficient (Wildman–Crippen LogP) is 4.04. The second kappa shape index (κ2) is 4.82. The molecule has 5 nitrogen and oxygen atoms in total. The summed E-state index contributed by atoms with van der Waals surface area (Å²) in [5, 5.41) is 15.1. The number of benzene rings is 2. The highest BCUT2D eigenvalue weighted by atomic mass is 79.9. The second-order valence-electron chi connectivity index (χ2n) is 4.56. The first-order chi connectivity index (χ1) is 10.3. The van der Waals surface area contributed by atoms with Crippen LogP contribution >= 0.6 is 15.9 Å². The Morgan fingerprint density at radius 2 is 1.86 bits per heavy atom. The first kappa shape index (κ1) is 12.3. The molecule has 0 saturated carbocycles. The number of hydrogen-bond acceptors (Lipinski definition) is 4. The Balaban J connectivity index is 1.98. The average Bonchev–Trinajstić information content (AvgIpc) is 3.14. The highest BCUT2D eigenvalue weighted by molar-refractivity contribution is 9.10. The van der Waals surface area contributed by atoms with Crippen molar-refractivity contribution < 1.29 is 4.42 Å². The summed E-state index contributed by atoms with van der Waals surface area (Å²) in [5.74, 6) is 0.563. The molecule has 21 heavy (non-hydrogen) atoms. The van der Waals surface area contributed by atoms with Crippen molar-refractivity contribution >= 4 is 26.9 Å². The van der Waals surface area contributed by atoms with Gasteiger partial charge in [0.1, 0.15) is 5.58 Å². The van der Waals surface area contributed by atoms with Crippen LogP contribution in [0.3, 0.4) is 0 Å². The van der Waals surface area contributed by atoms with Crippen LogP contribution in [0.1, 0.15) is 0 Å². The molecule has 4 aromatic rings. The highest BCUT2D eigenvalue weighted by Crippen LogP contribution is 2.39. The molecule has 0 bridgehead atoms. The molecule has 2 aromatic carbocycles. The van der Waals surface area contributed by atoms with E-state index in [2.05, 4.69) is 48.7 Å². The lowest BCUT2D eigenvalue weighted by molar-refractivity contribution is 0.589. The van der Waals surface area contributed by atoms with Crippen molar-refractivity contribution in [3.05, 3.63) is 53.2 Å². The summed E-state index contributed by atoms with van der Waals surface area (Å²) in [4.78, 5) is 0. The number of nitrogens with zero attached hydrogens (tertiary/aromatic N) is 3. The van der Waals surface area contributed by atoms with Crippen molar-refractivity contribution in [3.8, 4) is 22.5 Å². The zero-order valence-electron chi connectivity index (χ0n) is 10.7. The third kappa shape index (κ3) is 2.04. The number of halogens is 1. The molecule has 0 amide bonds. The average molecular weight is 341 g/mol. The zero-order valence-corrected chi connectivity index (χ0v) is 12.3. The van der Waals surface area contributed by atoms with Gasteiger partial charge in [-0.3, -0.25) is 0 Å². The van der Waals surface area contributed by atoms with Gasteiger partial charge in [0.05, 0.1) is 0 Å². The Hall–Kier alpha value is -2.47. The van der Waals surface area contributed by atoms with Gasteiger partial charge in [-0.25, -0.2) is 0 Å². The van der Waals surface area contributed by atoms with Gasteiger partial charge in [-0.15, -0.1) is 10.2 Å². The van der Waals surface area contributed by atoms with Gasteiger partial charge in [0.25, 0.3) is 0 Å². The van der Waals surface area contributed by atoms with Crippen molar-refractivity contribution in [2.45, 2.75) is 0 Å². The van der Waals surface area contributed by atoms with E-state index < -0.39 is 0 Å². The number of fused-ring (bicyclic) bond motifs is 1. The second-order valence-corrected chi connectivity index (χ2v) is 5.28. The molecule has 0 saturated heterocycles. The van der Waals surface area contributed by atoms with Gasteiger partial charge in [-0.05, 0) is 44.9 Å². The molecule has 6 heteroatoms. The minimum atomic E-state index is 0.563. The fourth-order valence-corrected chi connectivity index (χ4v) is 2.98. The smallest absolute Gasteiger partial charge is 0.204 e. The third-order valence-corrected chi connectivity index (χ3v) is 3.87. The molecule has 2 aromatic heterocycles. The van der Waals surface area contributed by atoms with Crippen molar-refractivity contribution in [3.63, 3.8) is 0 Å². The van der Waals surface area contributed by atoms with Crippen molar-refractivity contribution in [2.75, 3.05) is 0 Å². The normalized spacial score (nSPS) is 11.1. The van der Waals surface area contributed by atoms with Crippen LogP contribution in [0.2, 0.25) is 0 Å². The summed E-state index contributed by atoms with van der Waals surface area (Å²) < 4.78 is 6.49. The summed E-state index contributed by atoms with van der Waals surface area (Å²) in [5.41, 5.74) is 3.82. The number of aromatic amines is 1. The fourth-order valence-electron chi connectivity index (χ4n) is 2.36. The van der Waals surface area contributed by atoms with Gasteiger partial charge >= 0.3 is 0 Å². The summed E-state index contributed by atoms with van der Waals surface area (Å²) in [6.45, 7) is 0. The SMILES string of the molecule is Brc1oc2ccc(-c3nn[nH]n3)cc2c1-c1ccccc1. The molecule has 0 spiro atoms. The molecule has 0 unspecified atom stereocenters. The molecule has 1 N–H and O–H groups in total. The maximum Gasteiger partial charge on any atom is 0.204 e. The molecule has 4 rings (SSSR count). The van der Waals surface area contributed by atoms with Gasteiger partial charge in [0.15, 0.2) is 4.67 Å². The lowest BCUT2D eigenvalue weighted by atomic mass is 10.0. The summed E-state index contributed by atoms with van der Waals surface area (Å²) in [6.07, 6.45) is 0. The number of aromatic nitrogens is 4. The van der Waals surface area contributed by atoms with Crippen LogP contribution in [-0.4, -0.2) is 20.6 Å². The molecule has 0 fully saturated rings. The summed E-state index contributed by atoms with van der Waals surface area (Å²) in [6, 6.07) is 15.9. The zero-order chi connectivity index (χ0) is 14.2. The molecule has 0 aliphatic heterocycles. The van der Waals surface area contributed by atoms with Crippen LogP contribution in [0, 0.1) is 0 Å². The molecule has 2 heterocycles. The van der Waals surface area contributed by atoms with E-state index in [0.717, 1.165) is 27.7 Å². The van der Waals surface area contributed by atoms with E-state index in [0.29, 0.717) is 10.5 Å². The first-order valence-electron chi connectivity index (χ1n) is 6.34. The largest absolute Gasteiger partial charge is 0.449 e. The number of rotatable bonds is 2. The van der Waals surface area contributed by atoms with Crippen LogP contribution in [-0.2, 0) is 0 Å². The molecular formula is C15H9BrN4O. The number of furan rings is 1. The van der Waals surface area contributed by atoms with E-state index in [1.54, 1.807) is 0 Å². The van der Waals surface area contributed by atoms with E-state index in [4.69, 9.17) is 4.42 Å². The molecule has 102 valence electrons. The standard InChI is InChI=1S/C15H9BrN4O/c16-14-13(9-4-2-1-3-5-9)11-8-10(6-7-12(11)21-14)15-17-19-20-18-15/h1-8H,(H,17,18,19,20). The third-order valence-electron chi connectivity index (χ3n) is 3.31. The topological polar surface area (TPSA) is 67.6 Å². The van der Waals surface area contributed by atoms with Crippen molar-refractivity contribution in [2.24, 2.45) is 0 Å². The van der Waals surface area contributed by atoms with Gasteiger partial charge in [-0.2, -0.15) is 5.21 Å². The van der Waals surface area contributed by atoms with Crippen LogP contribution in [0.25, 0.3) is 33.5 Å². The number of tetrazole rings is 1. The molecule has 0 aliphatic rings. The van der Waals surface area contributed by atoms with Gasteiger partial charge < -0.3 is 4.42 Å². The lowest BCUT2D eigenvalue weighted by Gasteiger charge is -2.00. The lowest BCUT2D eigenvalue weighted by Crippen LogP contribution is -1.82. The highest BCUT2D eigenvalue weighted by Gasteiger charge is 2.15. The van der Waals surface area contributed by atoms with Crippen molar-refractivity contribution in [1.82, 2.24) is 20.6 Å². The Morgan fingerprint density at radius 1 is 1.00 bits per heavy atom. The number of nitrogens with one attached hydrogen (secondary N) is 1. The molecule has 0 aliphatic carbocycles. The Labute approximate surface area is 128 Å². The minimum absolute atomic E-state index is 0.563. The molecule has 0 radical (unpaired) electrons. The fraction of sp³-hybridized carbons (Fsp3) is 0. The summed E-state index contributed by atoms with van der Waals surface area (Å²) in [7, 11) is 0. The van der Waals surface area contributed by atoms with Gasteiger partial charge in [0, 0.05) is 16.5 Å². The maximum atomic E-state index is 5.78. The Kier molecular flexibility index (Phi) is 2.82. The van der Waals surface area contributed by atoms with E-state index in [1.807, 2.05) is 36.4 Å². The summed E-state index contributed by atoms with van der Waals surface area (Å²) >= 11 is 3.50. The predicted molar refractivity (Wildman–Crippen MR) is 82.5 cm³/mol. The van der Waals surface area contributed by atoms with Crippen molar-refractivity contribution in [1.29, 1.82) is 0 Å². The number of H-pyrrole nitrogens is 1. The van der Waals surface area contributed by atoms with Crippen LogP contribution in [0.15, 0.2) is 57.6 Å². The Morgan fingerprint density at radius 3 is 2.62 bits per heavy atom. The maximum absolute atomic E-state index is 5.78.